The van der Waals surface area contributed by atoms with E-state index >= 15 is 0 Å². The van der Waals surface area contributed by atoms with Crippen molar-refractivity contribution in [3.8, 4) is 10.6 Å². The molecule has 1 aromatic carbocycles. The Hall–Kier alpha value is -2.14. The van der Waals surface area contributed by atoms with Gasteiger partial charge in [0.2, 0.25) is 0 Å². The Labute approximate surface area is 178 Å². The van der Waals surface area contributed by atoms with Gasteiger partial charge >= 0.3 is 18.3 Å². The lowest BCUT2D eigenvalue weighted by atomic mass is 9.57. The highest BCUT2D eigenvalue weighted by atomic mass is 32.1. The molecule has 0 amide bonds. The summed E-state index contributed by atoms with van der Waals surface area (Å²) in [6.45, 7) is 2.19. The quantitative estimate of drug-likeness (QED) is 0.557. The van der Waals surface area contributed by atoms with Gasteiger partial charge in [0.25, 0.3) is 0 Å². The molecule has 0 bridgehead atoms. The first-order valence-electron chi connectivity index (χ1n) is 9.54. The van der Waals surface area contributed by atoms with E-state index in [4.69, 9.17) is 9.90 Å². The van der Waals surface area contributed by atoms with E-state index in [0.717, 1.165) is 24.8 Å². The van der Waals surface area contributed by atoms with Gasteiger partial charge in [-0.05, 0) is 56.3 Å². The van der Waals surface area contributed by atoms with Crippen LogP contribution in [0.2, 0.25) is 0 Å². The molecule has 1 saturated carbocycles. The molecule has 2 fully saturated rings. The van der Waals surface area contributed by atoms with Crippen LogP contribution < -0.4 is 5.32 Å². The summed E-state index contributed by atoms with van der Waals surface area (Å²) in [5, 5.41) is 13.2. The number of carboxylic acid groups (broad SMARTS) is 1. The summed E-state index contributed by atoms with van der Waals surface area (Å²) in [7, 11) is 0. The molecule has 31 heavy (non-hydrogen) atoms. The van der Waals surface area contributed by atoms with Crippen molar-refractivity contribution < 1.29 is 36.2 Å². The Balaban J connectivity index is 0.000000339. The molecule has 0 atom stereocenters. The SMILES string of the molecule is FC(F)(F)c1cccc(-c2nc(C3CC4(CCNCC4)C3)cs2)c1.O=C(O)C(F)(F)F. The maximum atomic E-state index is 12.9. The Morgan fingerprint density at radius 2 is 1.74 bits per heavy atom. The van der Waals surface area contributed by atoms with Crippen LogP contribution in [0.5, 0.6) is 0 Å². The van der Waals surface area contributed by atoms with Crippen molar-refractivity contribution >= 4 is 17.3 Å². The minimum Gasteiger partial charge on any atom is -0.475 e. The highest BCUT2D eigenvalue weighted by Gasteiger charge is 2.45. The van der Waals surface area contributed by atoms with Gasteiger partial charge in [0.15, 0.2) is 0 Å². The third-order valence-electron chi connectivity index (χ3n) is 5.64. The minimum absolute atomic E-state index is 0.471. The second kappa shape index (κ2) is 8.78. The van der Waals surface area contributed by atoms with Crippen molar-refractivity contribution in [3.05, 3.63) is 40.9 Å². The fourth-order valence-electron chi connectivity index (χ4n) is 3.99. The molecule has 4 rings (SSSR count). The van der Waals surface area contributed by atoms with E-state index in [9.17, 15) is 26.3 Å². The fraction of sp³-hybridized carbons (Fsp3) is 0.500. The van der Waals surface area contributed by atoms with E-state index in [1.807, 2.05) is 5.38 Å². The molecule has 2 heterocycles. The fourth-order valence-corrected chi connectivity index (χ4v) is 4.89. The molecule has 170 valence electrons. The normalized spacial score (nSPS) is 18.8. The number of rotatable bonds is 2. The van der Waals surface area contributed by atoms with E-state index < -0.39 is 23.9 Å². The third kappa shape index (κ3) is 5.76. The van der Waals surface area contributed by atoms with Gasteiger partial charge < -0.3 is 10.4 Å². The van der Waals surface area contributed by atoms with Crippen LogP contribution in [-0.4, -0.2) is 35.3 Å². The summed E-state index contributed by atoms with van der Waals surface area (Å²) in [4.78, 5) is 13.5. The summed E-state index contributed by atoms with van der Waals surface area (Å²) < 4.78 is 70.3. The number of benzene rings is 1. The van der Waals surface area contributed by atoms with Crippen molar-refractivity contribution in [3.63, 3.8) is 0 Å². The topological polar surface area (TPSA) is 62.2 Å². The van der Waals surface area contributed by atoms with Gasteiger partial charge in [-0.3, -0.25) is 0 Å². The van der Waals surface area contributed by atoms with Gasteiger partial charge in [-0.1, -0.05) is 12.1 Å². The first kappa shape index (κ1) is 23.5. The summed E-state index contributed by atoms with van der Waals surface area (Å²) in [6, 6.07) is 5.45. The maximum absolute atomic E-state index is 12.9. The van der Waals surface area contributed by atoms with Crippen LogP contribution in [0.15, 0.2) is 29.6 Å². The highest BCUT2D eigenvalue weighted by molar-refractivity contribution is 7.13. The Morgan fingerprint density at radius 1 is 1.13 bits per heavy atom. The highest BCUT2D eigenvalue weighted by Crippen LogP contribution is 2.56. The van der Waals surface area contributed by atoms with Crippen LogP contribution in [0.4, 0.5) is 26.3 Å². The van der Waals surface area contributed by atoms with Crippen molar-refractivity contribution in [1.82, 2.24) is 10.3 Å². The van der Waals surface area contributed by atoms with E-state index in [1.54, 1.807) is 6.07 Å². The van der Waals surface area contributed by atoms with Crippen LogP contribution in [0, 0.1) is 5.41 Å². The first-order chi connectivity index (χ1) is 14.4. The zero-order valence-electron chi connectivity index (χ0n) is 16.2. The van der Waals surface area contributed by atoms with Gasteiger partial charge in [-0.15, -0.1) is 11.3 Å². The van der Waals surface area contributed by atoms with E-state index in [0.29, 0.717) is 21.9 Å². The molecule has 1 spiro atoms. The lowest BCUT2D eigenvalue weighted by Gasteiger charge is -2.50. The molecule has 2 aromatic rings. The van der Waals surface area contributed by atoms with E-state index in [-0.39, 0.29) is 0 Å². The average molecular weight is 466 g/mol. The summed E-state index contributed by atoms with van der Waals surface area (Å²) in [6.07, 6.45) is -4.60. The number of aliphatic carboxylic acids is 1. The molecule has 11 heteroatoms. The molecule has 0 radical (unpaired) electrons. The molecule has 1 saturated heterocycles. The summed E-state index contributed by atoms with van der Waals surface area (Å²) >= 11 is 1.44. The Morgan fingerprint density at radius 3 is 2.29 bits per heavy atom. The standard InChI is InChI=1S/C18H19F3N2S.C2HF3O2/c19-18(20,21)14-3-1-2-12(8-14)16-23-15(11-24-16)13-9-17(10-13)4-6-22-7-5-17;3-2(4,5)1(6)7/h1-3,8,11,13,22H,4-7,9-10H2;(H,6,7). The molecule has 2 aliphatic rings. The van der Waals surface area contributed by atoms with Gasteiger partial charge in [0, 0.05) is 16.9 Å². The Bertz CT molecular complexity index is 911. The van der Waals surface area contributed by atoms with Crippen LogP contribution in [0.1, 0.15) is 42.9 Å². The van der Waals surface area contributed by atoms with Crippen molar-refractivity contribution in [2.45, 2.75) is 44.0 Å². The van der Waals surface area contributed by atoms with Crippen molar-refractivity contribution in [2.24, 2.45) is 5.41 Å². The summed E-state index contributed by atoms with van der Waals surface area (Å²) in [5.74, 6) is -2.29. The molecular weight excluding hydrogens is 446 g/mol. The number of aromatic nitrogens is 1. The van der Waals surface area contributed by atoms with Gasteiger partial charge in [0.05, 0.1) is 11.3 Å². The van der Waals surface area contributed by atoms with Crippen LogP contribution >= 0.6 is 11.3 Å². The molecule has 1 aliphatic heterocycles. The molecular formula is C20H20F6N2O2S. The summed E-state index contributed by atoms with van der Waals surface area (Å²) in [5.41, 5.74) is 1.47. The van der Waals surface area contributed by atoms with Gasteiger partial charge in [0.1, 0.15) is 5.01 Å². The molecule has 1 aliphatic carbocycles. The van der Waals surface area contributed by atoms with E-state index in [1.165, 1.54) is 49.2 Å². The molecule has 4 nitrogen and oxygen atoms in total. The molecule has 0 unspecified atom stereocenters. The van der Waals surface area contributed by atoms with Gasteiger partial charge in [-0.25, -0.2) is 9.78 Å². The number of carbonyl (C=O) groups is 1. The number of hydrogen-bond acceptors (Lipinski definition) is 4. The monoisotopic (exact) mass is 466 g/mol. The first-order valence-corrected chi connectivity index (χ1v) is 10.4. The molecule has 1 aromatic heterocycles. The van der Waals surface area contributed by atoms with Crippen LogP contribution in [0.25, 0.3) is 10.6 Å². The zero-order valence-corrected chi connectivity index (χ0v) is 17.0. The lowest BCUT2D eigenvalue weighted by molar-refractivity contribution is -0.192. The number of nitrogens with zero attached hydrogens (tertiary/aromatic N) is 1. The number of carboxylic acids is 1. The maximum Gasteiger partial charge on any atom is 0.490 e. The largest absolute Gasteiger partial charge is 0.490 e. The van der Waals surface area contributed by atoms with Crippen LogP contribution in [0.3, 0.4) is 0 Å². The van der Waals surface area contributed by atoms with E-state index in [2.05, 4.69) is 10.3 Å². The number of alkyl halides is 6. The predicted octanol–water partition coefficient (Wildman–Crippen LogP) is 5.71. The van der Waals surface area contributed by atoms with Crippen LogP contribution in [-0.2, 0) is 11.0 Å². The van der Waals surface area contributed by atoms with Crippen molar-refractivity contribution in [2.75, 3.05) is 13.1 Å². The number of thiazole rings is 1. The number of piperidine rings is 1. The molecule has 2 N–H and O–H groups in total. The smallest absolute Gasteiger partial charge is 0.475 e. The number of hydrogen-bond donors (Lipinski definition) is 2. The third-order valence-corrected chi connectivity index (χ3v) is 6.55. The lowest BCUT2D eigenvalue weighted by Crippen LogP contribution is -2.44. The van der Waals surface area contributed by atoms with Gasteiger partial charge in [-0.2, -0.15) is 26.3 Å². The average Bonchev–Trinajstić information content (AvgIpc) is 3.16. The van der Waals surface area contributed by atoms with Crippen molar-refractivity contribution in [1.29, 1.82) is 0 Å². The second-order valence-corrected chi connectivity index (χ2v) is 8.67. The zero-order chi connectivity index (χ0) is 22.9. The minimum atomic E-state index is -5.08. The number of halogens is 6. The number of nitrogens with one attached hydrogen (secondary N) is 1. The second-order valence-electron chi connectivity index (χ2n) is 7.81. The predicted molar refractivity (Wildman–Crippen MR) is 103 cm³/mol. The Kier molecular flexibility index (Phi) is 6.66.